The van der Waals surface area contributed by atoms with Crippen molar-refractivity contribution in [3.8, 4) is 5.75 Å². The second-order valence-corrected chi connectivity index (χ2v) is 5.09. The fourth-order valence-electron chi connectivity index (χ4n) is 2.34. The van der Waals surface area contributed by atoms with Gasteiger partial charge in [0.2, 0.25) is 0 Å². The van der Waals surface area contributed by atoms with Gasteiger partial charge in [0, 0.05) is 51.0 Å². The molecule has 2 rings (SSSR count). The van der Waals surface area contributed by atoms with Crippen LogP contribution in [0, 0.1) is 0 Å². The maximum Gasteiger partial charge on any atom is 0.122 e. The largest absolute Gasteiger partial charge is 0.497 e. The van der Waals surface area contributed by atoms with Gasteiger partial charge in [0.25, 0.3) is 0 Å². The second-order valence-electron chi connectivity index (χ2n) is 5.09. The molecule has 4 heteroatoms. The van der Waals surface area contributed by atoms with E-state index < -0.39 is 0 Å². The molecule has 0 radical (unpaired) electrons. The number of nitrogens with zero attached hydrogens (tertiary/aromatic N) is 3. The van der Waals surface area contributed by atoms with Crippen molar-refractivity contribution in [2.45, 2.75) is 26.4 Å². The van der Waals surface area contributed by atoms with Crippen LogP contribution < -0.4 is 4.74 Å². The Morgan fingerprint density at radius 1 is 1.28 bits per heavy atom. The zero-order valence-electron chi connectivity index (χ0n) is 11.6. The Bertz CT molecular complexity index is 373. The quantitative estimate of drug-likeness (QED) is 0.810. The molecule has 18 heavy (non-hydrogen) atoms. The van der Waals surface area contributed by atoms with Crippen LogP contribution in [0.1, 0.15) is 19.5 Å². The van der Waals surface area contributed by atoms with E-state index in [1.54, 1.807) is 7.11 Å². The van der Waals surface area contributed by atoms with E-state index in [4.69, 9.17) is 4.74 Å². The van der Waals surface area contributed by atoms with Crippen molar-refractivity contribution < 1.29 is 4.74 Å². The summed E-state index contributed by atoms with van der Waals surface area (Å²) in [4.78, 5) is 9.38. The molecule has 2 heterocycles. The summed E-state index contributed by atoms with van der Waals surface area (Å²) >= 11 is 0. The molecule has 0 N–H and O–H groups in total. The predicted molar refractivity (Wildman–Crippen MR) is 72.8 cm³/mol. The van der Waals surface area contributed by atoms with Crippen molar-refractivity contribution in [2.24, 2.45) is 0 Å². The van der Waals surface area contributed by atoms with Gasteiger partial charge in [-0.25, -0.2) is 0 Å². The average molecular weight is 249 g/mol. The predicted octanol–water partition coefficient (Wildman–Crippen LogP) is 1.62. The van der Waals surface area contributed by atoms with Crippen molar-refractivity contribution in [3.63, 3.8) is 0 Å². The Morgan fingerprint density at radius 2 is 2.00 bits per heavy atom. The van der Waals surface area contributed by atoms with Crippen LogP contribution >= 0.6 is 0 Å². The Balaban J connectivity index is 1.87. The van der Waals surface area contributed by atoms with Crippen molar-refractivity contribution in [3.05, 3.63) is 24.0 Å². The van der Waals surface area contributed by atoms with Crippen LogP contribution in [0.5, 0.6) is 5.75 Å². The maximum absolute atomic E-state index is 5.23. The molecular formula is C14H23N3O. The summed E-state index contributed by atoms with van der Waals surface area (Å²) < 4.78 is 5.23. The number of rotatable bonds is 4. The van der Waals surface area contributed by atoms with E-state index in [9.17, 15) is 0 Å². The number of piperazine rings is 1. The van der Waals surface area contributed by atoms with Gasteiger partial charge in [0.05, 0.1) is 12.8 Å². The van der Waals surface area contributed by atoms with Gasteiger partial charge in [-0.15, -0.1) is 0 Å². The van der Waals surface area contributed by atoms with E-state index in [0.29, 0.717) is 6.04 Å². The molecular weight excluding hydrogens is 226 g/mol. The molecule has 1 fully saturated rings. The SMILES string of the molecule is COc1ccnc(CN2CCN(C(C)C)CC2)c1. The third-order valence-electron chi connectivity index (χ3n) is 3.55. The van der Waals surface area contributed by atoms with Gasteiger partial charge in [-0.2, -0.15) is 0 Å². The molecule has 0 unspecified atom stereocenters. The van der Waals surface area contributed by atoms with Crippen LogP contribution in [-0.2, 0) is 6.54 Å². The first-order valence-corrected chi connectivity index (χ1v) is 6.64. The molecule has 1 aromatic rings. The average Bonchev–Trinajstić information content (AvgIpc) is 2.39. The monoisotopic (exact) mass is 249 g/mol. The molecule has 0 atom stereocenters. The topological polar surface area (TPSA) is 28.6 Å². The lowest BCUT2D eigenvalue weighted by molar-refractivity contribution is 0.103. The van der Waals surface area contributed by atoms with Crippen LogP contribution in [0.2, 0.25) is 0 Å². The lowest BCUT2D eigenvalue weighted by Crippen LogP contribution is -2.48. The van der Waals surface area contributed by atoms with Gasteiger partial charge in [-0.05, 0) is 19.9 Å². The molecule has 1 aromatic heterocycles. The number of ether oxygens (including phenoxy) is 1. The third kappa shape index (κ3) is 3.43. The van der Waals surface area contributed by atoms with Crippen molar-refractivity contribution >= 4 is 0 Å². The van der Waals surface area contributed by atoms with E-state index >= 15 is 0 Å². The van der Waals surface area contributed by atoms with Gasteiger partial charge in [0.1, 0.15) is 5.75 Å². The molecule has 1 aliphatic rings. The summed E-state index contributed by atoms with van der Waals surface area (Å²) in [5.41, 5.74) is 1.09. The number of hydrogen-bond acceptors (Lipinski definition) is 4. The zero-order chi connectivity index (χ0) is 13.0. The minimum atomic E-state index is 0.655. The number of aromatic nitrogens is 1. The number of hydrogen-bond donors (Lipinski definition) is 0. The smallest absolute Gasteiger partial charge is 0.122 e. The highest BCUT2D eigenvalue weighted by Gasteiger charge is 2.18. The van der Waals surface area contributed by atoms with Gasteiger partial charge >= 0.3 is 0 Å². The second kappa shape index (κ2) is 6.16. The maximum atomic E-state index is 5.23. The Kier molecular flexibility index (Phi) is 4.55. The van der Waals surface area contributed by atoms with Gasteiger partial charge < -0.3 is 4.74 Å². The number of methoxy groups -OCH3 is 1. The first-order chi connectivity index (χ1) is 8.69. The zero-order valence-corrected chi connectivity index (χ0v) is 11.6. The van der Waals surface area contributed by atoms with Crippen molar-refractivity contribution in [1.29, 1.82) is 0 Å². The summed E-state index contributed by atoms with van der Waals surface area (Å²) in [5.74, 6) is 0.890. The lowest BCUT2D eigenvalue weighted by atomic mass is 10.2. The van der Waals surface area contributed by atoms with E-state index in [-0.39, 0.29) is 0 Å². The highest BCUT2D eigenvalue weighted by molar-refractivity contribution is 5.22. The first-order valence-electron chi connectivity index (χ1n) is 6.64. The Labute approximate surface area is 110 Å². The molecule has 0 aromatic carbocycles. The molecule has 0 saturated carbocycles. The molecule has 100 valence electrons. The van der Waals surface area contributed by atoms with Crippen LogP contribution in [0.4, 0.5) is 0 Å². The highest BCUT2D eigenvalue weighted by atomic mass is 16.5. The molecule has 1 aliphatic heterocycles. The minimum Gasteiger partial charge on any atom is -0.497 e. The Hall–Kier alpha value is -1.13. The molecule has 0 amide bonds. The van der Waals surface area contributed by atoms with Crippen LogP contribution in [0.15, 0.2) is 18.3 Å². The van der Waals surface area contributed by atoms with Gasteiger partial charge in [-0.3, -0.25) is 14.8 Å². The molecule has 0 spiro atoms. The summed E-state index contributed by atoms with van der Waals surface area (Å²) in [5, 5.41) is 0. The molecule has 1 saturated heterocycles. The van der Waals surface area contributed by atoms with E-state index in [1.165, 1.54) is 0 Å². The summed E-state index contributed by atoms with van der Waals surface area (Å²) in [6, 6.07) is 4.57. The minimum absolute atomic E-state index is 0.655. The highest BCUT2D eigenvalue weighted by Crippen LogP contribution is 2.13. The van der Waals surface area contributed by atoms with E-state index in [0.717, 1.165) is 44.2 Å². The first kappa shape index (κ1) is 13.3. The molecule has 0 bridgehead atoms. The molecule has 4 nitrogen and oxygen atoms in total. The molecule has 0 aliphatic carbocycles. The summed E-state index contributed by atoms with van der Waals surface area (Å²) in [6.07, 6.45) is 1.82. The van der Waals surface area contributed by atoms with Gasteiger partial charge in [-0.1, -0.05) is 0 Å². The fourth-order valence-corrected chi connectivity index (χ4v) is 2.34. The van der Waals surface area contributed by atoms with Crippen molar-refractivity contribution in [1.82, 2.24) is 14.8 Å². The third-order valence-corrected chi connectivity index (χ3v) is 3.55. The summed E-state index contributed by atoms with van der Waals surface area (Å²) in [7, 11) is 1.69. The van der Waals surface area contributed by atoms with E-state index in [1.807, 2.05) is 18.3 Å². The number of pyridine rings is 1. The Morgan fingerprint density at radius 3 is 2.61 bits per heavy atom. The fraction of sp³-hybridized carbons (Fsp3) is 0.643. The normalized spacial score (nSPS) is 18.2. The van der Waals surface area contributed by atoms with Crippen LogP contribution in [0.25, 0.3) is 0 Å². The van der Waals surface area contributed by atoms with Crippen LogP contribution in [-0.4, -0.2) is 54.1 Å². The van der Waals surface area contributed by atoms with Crippen molar-refractivity contribution in [2.75, 3.05) is 33.3 Å². The standard InChI is InChI=1S/C14H23N3O/c1-12(2)17-8-6-16(7-9-17)11-13-10-14(18-3)4-5-15-13/h4-5,10,12H,6-9,11H2,1-3H3. The summed E-state index contributed by atoms with van der Waals surface area (Å²) in [6.45, 7) is 10.00. The van der Waals surface area contributed by atoms with Gasteiger partial charge in [0.15, 0.2) is 0 Å². The lowest BCUT2D eigenvalue weighted by Gasteiger charge is -2.36. The van der Waals surface area contributed by atoms with Crippen LogP contribution in [0.3, 0.4) is 0 Å². The van der Waals surface area contributed by atoms with E-state index in [2.05, 4.69) is 28.6 Å².